The number of aromatic nitrogens is 1. The van der Waals surface area contributed by atoms with Crippen molar-refractivity contribution in [2.75, 3.05) is 26.0 Å². The van der Waals surface area contributed by atoms with Crippen LogP contribution in [0, 0.1) is 5.92 Å². The summed E-state index contributed by atoms with van der Waals surface area (Å²) in [4.78, 5) is 13.9. The molecule has 0 aliphatic rings. The van der Waals surface area contributed by atoms with E-state index >= 15 is 0 Å². The Labute approximate surface area is 161 Å². The minimum absolute atomic E-state index is 0.0932. The zero-order valence-corrected chi connectivity index (χ0v) is 17.2. The monoisotopic (exact) mass is 392 g/mol. The van der Waals surface area contributed by atoms with Crippen LogP contribution in [0.1, 0.15) is 25.6 Å². The fourth-order valence-electron chi connectivity index (χ4n) is 2.65. The van der Waals surface area contributed by atoms with Crippen LogP contribution in [0.25, 0.3) is 0 Å². The first kappa shape index (κ1) is 21.1. The predicted molar refractivity (Wildman–Crippen MR) is 107 cm³/mol. The van der Waals surface area contributed by atoms with Crippen LogP contribution < -0.4 is 10.0 Å². The van der Waals surface area contributed by atoms with E-state index in [0.29, 0.717) is 5.69 Å². The zero-order valence-electron chi connectivity index (χ0n) is 16.4. The summed E-state index contributed by atoms with van der Waals surface area (Å²) in [5.74, 6) is -0.254. The number of likely N-dealkylation sites (N-methyl/N-ethyl adjacent to an activating group) is 1. The van der Waals surface area contributed by atoms with Gasteiger partial charge in [-0.2, -0.15) is 0 Å². The molecule has 2 aromatic rings. The van der Waals surface area contributed by atoms with Gasteiger partial charge in [0.15, 0.2) is 0 Å². The smallest absolute Gasteiger partial charge is 0.240 e. The number of nitrogens with one attached hydrogen (secondary N) is 2. The van der Waals surface area contributed by atoms with Crippen molar-refractivity contribution < 1.29 is 13.2 Å². The van der Waals surface area contributed by atoms with Crippen molar-refractivity contribution in [3.05, 3.63) is 48.3 Å². The molecule has 0 aliphatic carbocycles. The van der Waals surface area contributed by atoms with Crippen molar-refractivity contribution in [1.82, 2.24) is 14.2 Å². The fraction of sp³-hybridized carbons (Fsp3) is 0.421. The number of amides is 1. The van der Waals surface area contributed by atoms with Gasteiger partial charge in [0.2, 0.25) is 15.9 Å². The highest BCUT2D eigenvalue weighted by molar-refractivity contribution is 7.89. The molecule has 148 valence electrons. The Morgan fingerprint density at radius 2 is 1.78 bits per heavy atom. The van der Waals surface area contributed by atoms with E-state index in [1.807, 2.05) is 48.9 Å². The summed E-state index contributed by atoms with van der Waals surface area (Å²) in [6, 6.07) is 9.99. The second-order valence-electron chi connectivity index (χ2n) is 7.04. The molecule has 1 atom stereocenters. The molecule has 0 spiro atoms. The summed E-state index contributed by atoms with van der Waals surface area (Å²) < 4.78 is 29.9. The molecular weight excluding hydrogens is 364 g/mol. The van der Waals surface area contributed by atoms with Gasteiger partial charge in [0.1, 0.15) is 0 Å². The third kappa shape index (κ3) is 5.41. The van der Waals surface area contributed by atoms with Crippen LogP contribution in [-0.4, -0.2) is 44.4 Å². The largest absolute Gasteiger partial charge is 0.353 e. The summed E-state index contributed by atoms with van der Waals surface area (Å²) in [7, 11) is 2.11. The van der Waals surface area contributed by atoms with Gasteiger partial charge in [-0.25, -0.2) is 13.1 Å². The number of benzene rings is 1. The topological polar surface area (TPSA) is 83.4 Å². The van der Waals surface area contributed by atoms with E-state index in [0.717, 1.165) is 5.69 Å². The molecule has 1 aromatic heterocycles. The van der Waals surface area contributed by atoms with E-state index in [1.165, 1.54) is 12.1 Å². The first-order chi connectivity index (χ1) is 12.6. The van der Waals surface area contributed by atoms with Gasteiger partial charge in [-0.05, 0) is 50.5 Å². The summed E-state index contributed by atoms with van der Waals surface area (Å²) in [6.45, 7) is 3.84. The minimum Gasteiger partial charge on any atom is -0.353 e. The molecule has 2 N–H and O–H groups in total. The minimum atomic E-state index is -3.65. The van der Waals surface area contributed by atoms with Gasteiger partial charge in [-0.15, -0.1) is 0 Å². The van der Waals surface area contributed by atoms with Crippen molar-refractivity contribution in [3.63, 3.8) is 0 Å². The first-order valence-corrected chi connectivity index (χ1v) is 10.3. The lowest BCUT2D eigenvalue weighted by atomic mass is 10.2. The number of hydrogen-bond acceptors (Lipinski definition) is 4. The van der Waals surface area contributed by atoms with Crippen molar-refractivity contribution in [2.45, 2.75) is 24.8 Å². The maximum absolute atomic E-state index is 12.6. The molecule has 27 heavy (non-hydrogen) atoms. The molecule has 0 unspecified atom stereocenters. The fourth-order valence-corrected chi connectivity index (χ4v) is 3.69. The van der Waals surface area contributed by atoms with Gasteiger partial charge in [0.25, 0.3) is 0 Å². The molecule has 0 radical (unpaired) electrons. The standard InChI is InChI=1S/C19H28N4O3S/c1-14(2)19(24)21-15-8-10-16(11-9-15)27(25,26)20-13-18(22(3)4)17-7-6-12-23(17)5/h6-12,14,18,20H,13H2,1-5H3,(H,21,24)/t18-/m0/s1. The molecule has 0 bridgehead atoms. The van der Waals surface area contributed by atoms with E-state index in [2.05, 4.69) is 10.0 Å². The number of carbonyl (C=O) groups excluding carboxylic acids is 1. The van der Waals surface area contributed by atoms with Gasteiger partial charge in [0.05, 0.1) is 10.9 Å². The Bertz CT molecular complexity index is 871. The second-order valence-corrected chi connectivity index (χ2v) is 8.81. The van der Waals surface area contributed by atoms with E-state index in [1.54, 1.807) is 26.0 Å². The molecule has 1 amide bonds. The lowest BCUT2D eigenvalue weighted by Gasteiger charge is -2.25. The third-order valence-electron chi connectivity index (χ3n) is 4.37. The van der Waals surface area contributed by atoms with Crippen LogP contribution >= 0.6 is 0 Å². The normalized spacial score (nSPS) is 13.1. The van der Waals surface area contributed by atoms with Crippen LogP contribution in [-0.2, 0) is 21.9 Å². The molecule has 0 fully saturated rings. The molecule has 0 saturated heterocycles. The van der Waals surface area contributed by atoms with Gasteiger partial charge in [-0.3, -0.25) is 9.69 Å². The maximum atomic E-state index is 12.6. The summed E-state index contributed by atoms with van der Waals surface area (Å²) in [5.41, 5.74) is 1.59. The number of carbonyl (C=O) groups is 1. The molecule has 1 aromatic carbocycles. The van der Waals surface area contributed by atoms with E-state index < -0.39 is 10.0 Å². The Morgan fingerprint density at radius 3 is 2.26 bits per heavy atom. The van der Waals surface area contributed by atoms with E-state index in [-0.39, 0.29) is 29.3 Å². The van der Waals surface area contributed by atoms with Crippen LogP contribution in [0.15, 0.2) is 47.5 Å². The zero-order chi connectivity index (χ0) is 20.2. The van der Waals surface area contributed by atoms with Crippen LogP contribution in [0.4, 0.5) is 5.69 Å². The van der Waals surface area contributed by atoms with Crippen LogP contribution in [0.3, 0.4) is 0 Å². The Kier molecular flexibility index (Phi) is 6.80. The Morgan fingerprint density at radius 1 is 1.15 bits per heavy atom. The van der Waals surface area contributed by atoms with E-state index in [4.69, 9.17) is 0 Å². The Hall–Kier alpha value is -2.16. The van der Waals surface area contributed by atoms with Gasteiger partial charge in [0, 0.05) is 37.1 Å². The molecule has 2 rings (SSSR count). The molecule has 7 nitrogen and oxygen atoms in total. The van der Waals surface area contributed by atoms with Crippen molar-refractivity contribution in [1.29, 1.82) is 0 Å². The number of hydrogen-bond donors (Lipinski definition) is 2. The van der Waals surface area contributed by atoms with Gasteiger partial charge < -0.3 is 9.88 Å². The predicted octanol–water partition coefficient (Wildman–Crippen LogP) is 2.20. The number of aryl methyl sites for hydroxylation is 1. The molecule has 8 heteroatoms. The summed E-state index contributed by atoms with van der Waals surface area (Å²) in [6.07, 6.45) is 1.94. The van der Waals surface area contributed by atoms with Crippen molar-refractivity contribution in [2.24, 2.45) is 13.0 Å². The first-order valence-electron chi connectivity index (χ1n) is 8.80. The van der Waals surface area contributed by atoms with E-state index in [9.17, 15) is 13.2 Å². The second kappa shape index (κ2) is 8.69. The number of rotatable bonds is 8. The molecule has 0 aliphatic heterocycles. The lowest BCUT2D eigenvalue weighted by Crippen LogP contribution is -2.35. The lowest BCUT2D eigenvalue weighted by molar-refractivity contribution is -0.118. The highest BCUT2D eigenvalue weighted by Gasteiger charge is 2.21. The third-order valence-corrected chi connectivity index (χ3v) is 5.81. The van der Waals surface area contributed by atoms with Crippen LogP contribution in [0.5, 0.6) is 0 Å². The molecule has 1 heterocycles. The van der Waals surface area contributed by atoms with Crippen molar-refractivity contribution >= 4 is 21.6 Å². The average molecular weight is 393 g/mol. The van der Waals surface area contributed by atoms with Gasteiger partial charge >= 0.3 is 0 Å². The number of anilines is 1. The molecule has 0 saturated carbocycles. The molecular formula is C19H28N4O3S. The van der Waals surface area contributed by atoms with Crippen molar-refractivity contribution in [3.8, 4) is 0 Å². The summed E-state index contributed by atoms with van der Waals surface area (Å²) in [5, 5.41) is 2.75. The maximum Gasteiger partial charge on any atom is 0.240 e. The van der Waals surface area contributed by atoms with Gasteiger partial charge in [-0.1, -0.05) is 13.8 Å². The Balaban J connectivity index is 2.09. The van der Waals surface area contributed by atoms with Crippen LogP contribution in [0.2, 0.25) is 0 Å². The highest BCUT2D eigenvalue weighted by atomic mass is 32.2. The average Bonchev–Trinajstić information content (AvgIpc) is 3.01. The summed E-state index contributed by atoms with van der Waals surface area (Å²) >= 11 is 0. The quantitative estimate of drug-likeness (QED) is 0.721. The number of sulfonamides is 1. The number of nitrogens with zero attached hydrogens (tertiary/aromatic N) is 2. The highest BCUT2D eigenvalue weighted by Crippen LogP contribution is 2.19. The SMILES string of the molecule is CC(C)C(=O)Nc1ccc(S(=O)(=O)NC[C@@H](c2cccn2C)N(C)C)cc1.